The Morgan fingerprint density at radius 2 is 1.84 bits per heavy atom. The number of anilines is 1. The quantitative estimate of drug-likeness (QED) is 0.352. The van der Waals surface area contributed by atoms with E-state index in [2.05, 4.69) is 4.98 Å². The summed E-state index contributed by atoms with van der Waals surface area (Å²) >= 11 is 0. The van der Waals surface area contributed by atoms with Gasteiger partial charge in [-0.2, -0.15) is 14.6 Å². The molecule has 1 aliphatic heterocycles. The number of aryl methyl sites for hydroxylation is 1. The number of rotatable bonds is 7. The molecule has 190 valence electrons. The Morgan fingerprint density at radius 1 is 1.05 bits per heavy atom. The number of hydrogen-bond donors (Lipinski definition) is 0. The largest absolute Gasteiger partial charge is 0.486 e. The third kappa shape index (κ3) is 5.07. The van der Waals surface area contributed by atoms with Gasteiger partial charge >= 0.3 is 0 Å². The minimum atomic E-state index is -3.98. The van der Waals surface area contributed by atoms with Crippen LogP contribution in [0.15, 0.2) is 74.4 Å². The van der Waals surface area contributed by atoms with E-state index in [1.807, 2.05) is 37.3 Å². The topological polar surface area (TPSA) is 113 Å². The van der Waals surface area contributed by atoms with E-state index in [1.165, 1.54) is 22.5 Å². The molecule has 0 bridgehead atoms. The van der Waals surface area contributed by atoms with E-state index in [1.54, 1.807) is 17.0 Å². The maximum atomic E-state index is 14.1. The van der Waals surface area contributed by atoms with E-state index < -0.39 is 15.8 Å². The summed E-state index contributed by atoms with van der Waals surface area (Å²) in [5, 5.41) is 9.61. The first-order valence-electron chi connectivity index (χ1n) is 11.5. The number of hydrogen-bond acceptors (Lipinski definition) is 8. The first-order chi connectivity index (χ1) is 17.8. The van der Waals surface area contributed by atoms with Crippen molar-refractivity contribution < 1.29 is 26.4 Å². The van der Waals surface area contributed by atoms with Crippen LogP contribution in [0.1, 0.15) is 17.0 Å². The van der Waals surface area contributed by atoms with Gasteiger partial charge in [-0.1, -0.05) is 24.3 Å². The van der Waals surface area contributed by atoms with Crippen LogP contribution in [0.25, 0.3) is 11.7 Å². The van der Waals surface area contributed by atoms with Gasteiger partial charge in [-0.15, -0.1) is 0 Å². The number of halogens is 1. The van der Waals surface area contributed by atoms with E-state index >= 15 is 0 Å². The Kier molecular flexibility index (Phi) is 6.69. The van der Waals surface area contributed by atoms with E-state index in [-0.39, 0.29) is 55.2 Å². The summed E-state index contributed by atoms with van der Waals surface area (Å²) < 4.78 is 58.5. The fourth-order valence-electron chi connectivity index (χ4n) is 4.06. The summed E-state index contributed by atoms with van der Waals surface area (Å²) in [6, 6.07) is 18.4. The smallest absolute Gasteiger partial charge is 0.266 e. The highest BCUT2D eigenvalue weighted by Crippen LogP contribution is 2.31. The molecule has 1 fully saturated rings. The number of aromatic nitrogens is 1. The second-order valence-corrected chi connectivity index (χ2v) is 10.4. The number of ether oxygens (including phenoxy) is 1. The van der Waals surface area contributed by atoms with E-state index in [9.17, 15) is 18.1 Å². The third-order valence-corrected chi connectivity index (χ3v) is 7.87. The molecule has 0 saturated carbocycles. The molecular formula is C26H23FN4O5S. The van der Waals surface area contributed by atoms with Gasteiger partial charge in [0.05, 0.1) is 0 Å². The Morgan fingerprint density at radius 3 is 2.57 bits per heavy atom. The van der Waals surface area contributed by atoms with Crippen molar-refractivity contribution in [3.8, 4) is 23.5 Å². The van der Waals surface area contributed by atoms with Crippen molar-refractivity contribution in [1.29, 1.82) is 5.26 Å². The van der Waals surface area contributed by atoms with Crippen LogP contribution in [0.4, 0.5) is 10.3 Å². The maximum absolute atomic E-state index is 14.1. The minimum Gasteiger partial charge on any atom is -0.486 e. The molecular weight excluding hydrogens is 499 g/mol. The van der Waals surface area contributed by atoms with Crippen LogP contribution in [0, 0.1) is 24.1 Å². The molecule has 0 unspecified atom stereocenters. The van der Waals surface area contributed by atoms with Gasteiger partial charge in [-0.3, -0.25) is 0 Å². The molecule has 11 heteroatoms. The van der Waals surface area contributed by atoms with Crippen molar-refractivity contribution in [1.82, 2.24) is 9.29 Å². The normalized spacial score (nSPS) is 14.5. The highest BCUT2D eigenvalue weighted by atomic mass is 32.2. The average Bonchev–Trinajstić information content (AvgIpc) is 3.55. The van der Waals surface area contributed by atoms with Gasteiger partial charge in [0.15, 0.2) is 5.76 Å². The van der Waals surface area contributed by atoms with Gasteiger partial charge in [0, 0.05) is 26.2 Å². The Bertz CT molecular complexity index is 1570. The summed E-state index contributed by atoms with van der Waals surface area (Å²) in [6.45, 7) is 2.86. The lowest BCUT2D eigenvalue weighted by atomic mass is 10.2. The zero-order valence-corrected chi connectivity index (χ0v) is 20.7. The maximum Gasteiger partial charge on any atom is 0.266 e. The molecule has 0 atom stereocenters. The summed E-state index contributed by atoms with van der Waals surface area (Å²) in [6.07, 6.45) is 0. The molecule has 0 N–H and O–H groups in total. The van der Waals surface area contributed by atoms with Crippen LogP contribution >= 0.6 is 0 Å². The van der Waals surface area contributed by atoms with Gasteiger partial charge in [0.2, 0.25) is 21.6 Å². The van der Waals surface area contributed by atoms with E-state index in [0.29, 0.717) is 11.5 Å². The number of piperazine rings is 1. The second kappa shape index (κ2) is 10.1. The highest BCUT2D eigenvalue weighted by Gasteiger charge is 2.32. The Hall–Kier alpha value is -4.14. The fourth-order valence-corrected chi connectivity index (χ4v) is 5.55. The van der Waals surface area contributed by atoms with Gasteiger partial charge in [0.25, 0.3) is 5.89 Å². The standard InChI is InChI=1S/C26H23FN4O5S/c1-18-5-4-6-19(15-18)34-17-20-9-10-23(35-20)25-29-22(16-28)26(36-25)30-11-13-31(14-12-30)37(32,33)24-8-3-2-7-21(24)27/h2-10,15H,11-14,17H2,1H3. The molecule has 0 amide bonds. The van der Waals surface area contributed by atoms with Crippen LogP contribution in [0.2, 0.25) is 0 Å². The highest BCUT2D eigenvalue weighted by molar-refractivity contribution is 7.89. The van der Waals surface area contributed by atoms with Crippen molar-refractivity contribution in [3.63, 3.8) is 0 Å². The van der Waals surface area contributed by atoms with E-state index in [0.717, 1.165) is 17.4 Å². The molecule has 3 heterocycles. The molecule has 1 aliphatic rings. The van der Waals surface area contributed by atoms with Gasteiger partial charge in [-0.05, 0) is 48.9 Å². The van der Waals surface area contributed by atoms with Crippen molar-refractivity contribution in [2.75, 3.05) is 31.1 Å². The molecule has 1 saturated heterocycles. The van der Waals surface area contributed by atoms with Gasteiger partial charge in [0.1, 0.15) is 34.9 Å². The zero-order chi connectivity index (χ0) is 26.0. The number of nitrogens with zero attached hydrogens (tertiary/aromatic N) is 4. The number of sulfonamides is 1. The molecule has 4 aromatic rings. The van der Waals surface area contributed by atoms with Crippen molar-refractivity contribution in [3.05, 3.63) is 83.5 Å². The van der Waals surface area contributed by atoms with Crippen molar-refractivity contribution in [2.24, 2.45) is 0 Å². The number of oxazole rings is 1. The van der Waals surface area contributed by atoms with Crippen molar-refractivity contribution >= 4 is 15.9 Å². The summed E-state index contributed by atoms with van der Waals surface area (Å²) in [7, 11) is -3.98. The predicted octanol–water partition coefficient (Wildman–Crippen LogP) is 4.34. The van der Waals surface area contributed by atoms with Crippen LogP contribution < -0.4 is 9.64 Å². The molecule has 2 aromatic heterocycles. The minimum absolute atomic E-state index is 0.0642. The second-order valence-electron chi connectivity index (χ2n) is 8.48. The van der Waals surface area contributed by atoms with Gasteiger partial charge < -0.3 is 18.5 Å². The SMILES string of the molecule is Cc1cccc(OCc2ccc(-c3nc(C#N)c(N4CCN(S(=O)(=O)c5ccccc5F)CC4)o3)o2)c1. The summed E-state index contributed by atoms with van der Waals surface area (Å²) in [5.41, 5.74) is 1.15. The van der Waals surface area contributed by atoms with Crippen molar-refractivity contribution in [2.45, 2.75) is 18.4 Å². The lowest BCUT2D eigenvalue weighted by Crippen LogP contribution is -2.48. The molecule has 37 heavy (non-hydrogen) atoms. The fraction of sp³-hybridized carbons (Fsp3) is 0.231. The molecule has 0 radical (unpaired) electrons. The molecule has 5 rings (SSSR count). The number of nitriles is 1. The Labute approximate surface area is 213 Å². The van der Waals surface area contributed by atoms with Crippen LogP contribution in [0.5, 0.6) is 5.75 Å². The number of furan rings is 1. The molecule has 9 nitrogen and oxygen atoms in total. The first kappa shape index (κ1) is 24.5. The van der Waals surface area contributed by atoms with Crippen LogP contribution in [0.3, 0.4) is 0 Å². The monoisotopic (exact) mass is 522 g/mol. The van der Waals surface area contributed by atoms with E-state index in [4.69, 9.17) is 13.6 Å². The first-order valence-corrected chi connectivity index (χ1v) is 13.0. The lowest BCUT2D eigenvalue weighted by Gasteiger charge is -2.33. The third-order valence-electron chi connectivity index (χ3n) is 5.94. The molecule has 2 aromatic carbocycles. The average molecular weight is 523 g/mol. The number of benzene rings is 2. The molecule has 0 aliphatic carbocycles. The van der Waals surface area contributed by atoms with Crippen LogP contribution in [-0.4, -0.2) is 43.9 Å². The Balaban J connectivity index is 1.27. The summed E-state index contributed by atoms with van der Waals surface area (Å²) in [4.78, 5) is 5.64. The van der Waals surface area contributed by atoms with Crippen LogP contribution in [-0.2, 0) is 16.6 Å². The summed E-state index contributed by atoms with van der Waals surface area (Å²) in [5.74, 6) is 1.19. The van der Waals surface area contributed by atoms with Gasteiger partial charge in [-0.25, -0.2) is 12.8 Å². The zero-order valence-electron chi connectivity index (χ0n) is 19.9. The molecule has 0 spiro atoms. The predicted molar refractivity (Wildman–Crippen MR) is 132 cm³/mol. The lowest BCUT2D eigenvalue weighted by molar-refractivity contribution is 0.271.